The number of nitrogens with two attached hydrogens (primary N) is 1. The van der Waals surface area contributed by atoms with Crippen molar-refractivity contribution < 1.29 is 13.5 Å². The van der Waals surface area contributed by atoms with Gasteiger partial charge >= 0.3 is 6.61 Å². The van der Waals surface area contributed by atoms with E-state index in [1.807, 2.05) is 47.7 Å². The molecule has 212 valence electrons. The van der Waals surface area contributed by atoms with Crippen molar-refractivity contribution in [1.29, 1.82) is 0 Å². The third-order valence-corrected chi connectivity index (χ3v) is 6.32. The van der Waals surface area contributed by atoms with Gasteiger partial charge in [-0.25, -0.2) is 4.98 Å². The van der Waals surface area contributed by atoms with E-state index in [2.05, 4.69) is 39.0 Å². The van der Waals surface area contributed by atoms with Gasteiger partial charge in [-0.2, -0.15) is 13.9 Å². The van der Waals surface area contributed by atoms with Crippen LogP contribution in [-0.4, -0.2) is 59.0 Å². The number of nitrogens with zero attached hydrogens (tertiary/aromatic N) is 4. The molecule has 3 heterocycles. The number of rotatable bonds is 4. The number of pyridine rings is 1. The van der Waals surface area contributed by atoms with Gasteiger partial charge in [0.1, 0.15) is 0 Å². The van der Waals surface area contributed by atoms with E-state index in [-0.39, 0.29) is 17.6 Å². The maximum absolute atomic E-state index is 12.2. The fraction of sp³-hybridized carbons (Fsp3) is 0.714. The quantitative estimate of drug-likeness (QED) is 0.477. The number of fused-ring (bicyclic) bond motifs is 1. The predicted molar refractivity (Wildman–Crippen MR) is 150 cm³/mol. The van der Waals surface area contributed by atoms with Gasteiger partial charge in [0.15, 0.2) is 11.6 Å². The van der Waals surface area contributed by atoms with Crippen molar-refractivity contribution in [3.63, 3.8) is 0 Å². The number of piperazine rings is 1. The number of aromatic nitrogens is 3. The second-order valence-electron chi connectivity index (χ2n) is 9.56. The Kier molecular flexibility index (Phi) is 15.3. The van der Waals surface area contributed by atoms with Gasteiger partial charge in [0.25, 0.3) is 0 Å². The van der Waals surface area contributed by atoms with Crippen molar-refractivity contribution in [3.05, 3.63) is 24.5 Å². The third kappa shape index (κ3) is 11.8. The molecule has 1 aliphatic heterocycles. The van der Waals surface area contributed by atoms with E-state index in [1.54, 1.807) is 30.0 Å². The lowest BCUT2D eigenvalue weighted by Gasteiger charge is -2.28. The van der Waals surface area contributed by atoms with Crippen LogP contribution < -0.4 is 15.8 Å². The number of hydrogen-bond donors (Lipinski definition) is 2. The van der Waals surface area contributed by atoms with Crippen LogP contribution in [-0.2, 0) is 0 Å². The average Bonchev–Trinajstić information content (AvgIpc) is 3.24. The van der Waals surface area contributed by atoms with Gasteiger partial charge in [-0.15, -0.1) is 0 Å². The molecular formula is C28H50F2N6O. The molecule has 3 N–H and O–H groups in total. The van der Waals surface area contributed by atoms with E-state index in [1.165, 1.54) is 43.6 Å². The molecule has 2 aromatic rings. The summed E-state index contributed by atoms with van der Waals surface area (Å²) in [5.74, 6) is 2.20. The second-order valence-corrected chi connectivity index (χ2v) is 9.56. The molecule has 2 aliphatic carbocycles. The van der Waals surface area contributed by atoms with Crippen molar-refractivity contribution in [1.82, 2.24) is 25.0 Å². The molecule has 2 saturated carbocycles. The number of halogens is 2. The average molecular weight is 525 g/mol. The summed E-state index contributed by atoms with van der Waals surface area (Å²) in [5, 5.41) is 7.69. The maximum Gasteiger partial charge on any atom is 0.387 e. The van der Waals surface area contributed by atoms with Crippen LogP contribution in [0.15, 0.2) is 24.5 Å². The fourth-order valence-electron chi connectivity index (χ4n) is 4.35. The molecule has 0 bridgehead atoms. The van der Waals surface area contributed by atoms with Gasteiger partial charge in [-0.1, -0.05) is 47.0 Å². The second kappa shape index (κ2) is 17.3. The minimum Gasteiger partial charge on any atom is -0.431 e. The molecule has 3 fully saturated rings. The summed E-state index contributed by atoms with van der Waals surface area (Å²) in [7, 11) is 2.16. The van der Waals surface area contributed by atoms with Crippen molar-refractivity contribution in [3.8, 4) is 17.0 Å². The molecule has 0 aromatic carbocycles. The summed E-state index contributed by atoms with van der Waals surface area (Å²) in [6, 6.07) is 4.09. The molecule has 0 spiro atoms. The van der Waals surface area contributed by atoms with Crippen molar-refractivity contribution in [2.24, 2.45) is 11.8 Å². The lowest BCUT2D eigenvalue weighted by molar-refractivity contribution is -0.0494. The standard InChI is InChI=1S/C12H14F2N4O.C6H14N2.C6H10.2C2H6/c1-7(2)18-4-3-9(17-18)8-5-10(19-12(13)14)11(15)16-6-8;1-6-5-8(2)4-3-7-6;1-2-5-4-6(5)3-1;2*1-2/h3-7,12H,1-2H3,(H2,15,16);6-7H,3-5H2,1-2H3;5-6H,1-4H2;2*1-2H3. The molecular weight excluding hydrogens is 474 g/mol. The van der Waals surface area contributed by atoms with Gasteiger partial charge in [0.2, 0.25) is 0 Å². The van der Waals surface area contributed by atoms with Crippen LogP contribution in [0.4, 0.5) is 14.6 Å². The molecule has 7 nitrogen and oxygen atoms in total. The number of hydrogen-bond acceptors (Lipinski definition) is 6. The molecule has 0 radical (unpaired) electrons. The SMILES string of the molecule is C1CC2CC2C1.CC.CC.CC(C)n1ccc(-c2cnc(N)c(OC(F)F)c2)n1.CC1CN(C)CCN1. The van der Waals surface area contributed by atoms with E-state index in [4.69, 9.17) is 5.73 Å². The number of nitrogen functional groups attached to an aromatic ring is 1. The normalized spacial score (nSPS) is 21.7. The first-order valence-electron chi connectivity index (χ1n) is 13.9. The molecule has 2 aromatic heterocycles. The van der Waals surface area contributed by atoms with Crippen LogP contribution in [0.3, 0.4) is 0 Å². The van der Waals surface area contributed by atoms with Gasteiger partial charge in [-0.05, 0) is 58.2 Å². The van der Waals surface area contributed by atoms with E-state index in [0.717, 1.165) is 6.54 Å². The minimum absolute atomic E-state index is 0.0765. The first-order chi connectivity index (χ1) is 17.7. The highest BCUT2D eigenvalue weighted by Crippen LogP contribution is 2.51. The highest BCUT2D eigenvalue weighted by molar-refractivity contribution is 5.63. The molecule has 3 atom stereocenters. The molecule has 37 heavy (non-hydrogen) atoms. The van der Waals surface area contributed by atoms with Crippen molar-refractivity contribution in [2.75, 3.05) is 32.4 Å². The Labute approximate surface area is 223 Å². The van der Waals surface area contributed by atoms with Crippen molar-refractivity contribution >= 4 is 5.82 Å². The van der Waals surface area contributed by atoms with Crippen LogP contribution in [0.5, 0.6) is 5.75 Å². The van der Waals surface area contributed by atoms with Gasteiger partial charge in [0, 0.05) is 49.7 Å². The summed E-state index contributed by atoms with van der Waals surface area (Å²) in [4.78, 5) is 6.18. The Bertz CT molecular complexity index is 860. The number of ether oxygens (including phenoxy) is 1. The van der Waals surface area contributed by atoms with E-state index in [9.17, 15) is 8.78 Å². The largest absolute Gasteiger partial charge is 0.431 e. The Hall–Kier alpha value is -2.26. The third-order valence-electron chi connectivity index (χ3n) is 6.32. The van der Waals surface area contributed by atoms with Crippen LogP contribution >= 0.6 is 0 Å². The zero-order chi connectivity index (χ0) is 28.0. The Balaban J connectivity index is 0.000000309. The first-order valence-corrected chi connectivity index (χ1v) is 13.9. The zero-order valence-corrected chi connectivity index (χ0v) is 24.2. The van der Waals surface area contributed by atoms with E-state index in [0.29, 0.717) is 17.3 Å². The summed E-state index contributed by atoms with van der Waals surface area (Å²) in [6.07, 6.45) is 9.52. The first kappa shape index (κ1) is 32.8. The van der Waals surface area contributed by atoms with Crippen LogP contribution in [0.1, 0.15) is 80.2 Å². The Morgan fingerprint density at radius 3 is 2.19 bits per heavy atom. The highest BCUT2D eigenvalue weighted by atomic mass is 19.3. The number of likely N-dealkylation sites (N-methyl/N-ethyl adjacent to an activating group) is 1. The van der Waals surface area contributed by atoms with Gasteiger partial charge in [0.05, 0.1) is 5.69 Å². The summed E-state index contributed by atoms with van der Waals surface area (Å²) >= 11 is 0. The smallest absolute Gasteiger partial charge is 0.387 e. The monoisotopic (exact) mass is 524 g/mol. The molecule has 9 heteroatoms. The summed E-state index contributed by atoms with van der Waals surface area (Å²) in [6.45, 7) is 14.8. The molecule has 0 amide bonds. The van der Waals surface area contributed by atoms with Crippen LogP contribution in [0.2, 0.25) is 0 Å². The Morgan fingerprint density at radius 2 is 1.78 bits per heavy atom. The zero-order valence-electron chi connectivity index (χ0n) is 24.2. The van der Waals surface area contributed by atoms with Crippen molar-refractivity contribution in [2.45, 2.75) is 92.8 Å². The molecule has 3 aliphatic rings. The number of nitrogens with one attached hydrogen (secondary N) is 1. The minimum atomic E-state index is -2.94. The predicted octanol–water partition coefficient (Wildman–Crippen LogP) is 6.48. The number of anilines is 1. The fourth-order valence-corrected chi connectivity index (χ4v) is 4.35. The maximum atomic E-state index is 12.2. The molecule has 3 unspecified atom stereocenters. The lowest BCUT2D eigenvalue weighted by Crippen LogP contribution is -2.47. The highest BCUT2D eigenvalue weighted by Gasteiger charge is 2.40. The van der Waals surface area contributed by atoms with E-state index >= 15 is 0 Å². The van der Waals surface area contributed by atoms with Crippen LogP contribution in [0.25, 0.3) is 11.3 Å². The summed E-state index contributed by atoms with van der Waals surface area (Å²) < 4.78 is 30.5. The topological polar surface area (TPSA) is 81.2 Å². The number of alkyl halides is 2. The molecule has 1 saturated heterocycles. The molecule has 5 rings (SSSR count). The van der Waals surface area contributed by atoms with Crippen LogP contribution in [0, 0.1) is 11.8 Å². The lowest BCUT2D eigenvalue weighted by atomic mass is 10.2. The van der Waals surface area contributed by atoms with E-state index < -0.39 is 6.61 Å². The Morgan fingerprint density at radius 1 is 1.14 bits per heavy atom. The summed E-state index contributed by atoms with van der Waals surface area (Å²) in [5.41, 5.74) is 6.67. The van der Waals surface area contributed by atoms with Gasteiger partial charge < -0.3 is 20.7 Å². The van der Waals surface area contributed by atoms with Gasteiger partial charge in [-0.3, -0.25) is 4.68 Å².